The van der Waals surface area contributed by atoms with Crippen molar-refractivity contribution in [2.24, 2.45) is 0 Å². The Kier molecular flexibility index (Phi) is 3.25. The molecule has 0 amide bonds. The second kappa shape index (κ2) is 4.94. The molecule has 20 heavy (non-hydrogen) atoms. The highest BCUT2D eigenvalue weighted by molar-refractivity contribution is 7.91. The second-order valence-electron chi connectivity index (χ2n) is 5.20. The van der Waals surface area contributed by atoms with Gasteiger partial charge in [0.05, 0.1) is 22.7 Å². The Morgan fingerprint density at radius 3 is 2.95 bits per heavy atom. The number of aromatic nitrogens is 1. The normalized spacial score (nSPS) is 21.7. The Balaban J connectivity index is 1.93. The number of fused-ring (bicyclic) bond motifs is 1. The third kappa shape index (κ3) is 2.56. The van der Waals surface area contributed by atoms with Gasteiger partial charge in [0.15, 0.2) is 9.84 Å². The summed E-state index contributed by atoms with van der Waals surface area (Å²) in [4.78, 5) is 4.28. The monoisotopic (exact) mass is 291 g/mol. The number of benzene rings is 1. The van der Waals surface area contributed by atoms with Crippen molar-refractivity contribution in [2.75, 3.05) is 22.6 Å². The van der Waals surface area contributed by atoms with Gasteiger partial charge in [0.2, 0.25) is 0 Å². The van der Waals surface area contributed by atoms with Crippen molar-refractivity contribution in [3.05, 3.63) is 30.5 Å². The van der Waals surface area contributed by atoms with Gasteiger partial charge >= 0.3 is 0 Å². The molecule has 2 aromatic rings. The lowest BCUT2D eigenvalue weighted by Gasteiger charge is -2.24. The van der Waals surface area contributed by atoms with Crippen molar-refractivity contribution >= 4 is 32.1 Å². The Morgan fingerprint density at radius 2 is 2.15 bits per heavy atom. The Bertz CT molecular complexity index is 743. The Morgan fingerprint density at radius 1 is 1.30 bits per heavy atom. The zero-order chi connectivity index (χ0) is 14.2. The molecular formula is C14H17N3O2S. The van der Waals surface area contributed by atoms with Crippen LogP contribution >= 0.6 is 0 Å². The minimum atomic E-state index is -2.92. The molecule has 1 saturated heterocycles. The molecule has 106 valence electrons. The van der Waals surface area contributed by atoms with E-state index in [9.17, 15) is 8.42 Å². The van der Waals surface area contributed by atoms with Gasteiger partial charge in [0, 0.05) is 23.3 Å². The molecule has 1 aromatic heterocycles. The fraction of sp³-hybridized carbons (Fsp3) is 0.357. The first-order valence-corrected chi connectivity index (χ1v) is 8.47. The van der Waals surface area contributed by atoms with Crippen LogP contribution in [0.25, 0.3) is 10.9 Å². The lowest BCUT2D eigenvalue weighted by Crippen LogP contribution is -2.34. The van der Waals surface area contributed by atoms with Crippen LogP contribution in [0.5, 0.6) is 0 Å². The zero-order valence-corrected chi connectivity index (χ0v) is 11.9. The molecule has 1 fully saturated rings. The van der Waals surface area contributed by atoms with Crippen molar-refractivity contribution in [3.8, 4) is 0 Å². The molecular weight excluding hydrogens is 274 g/mol. The van der Waals surface area contributed by atoms with E-state index in [0.717, 1.165) is 23.0 Å². The number of nitrogens with zero attached hydrogens (tertiary/aromatic N) is 1. The molecule has 3 rings (SSSR count). The van der Waals surface area contributed by atoms with Crippen LogP contribution in [0.15, 0.2) is 30.5 Å². The first kappa shape index (κ1) is 13.2. The first-order chi connectivity index (χ1) is 9.55. The molecule has 5 nitrogen and oxygen atoms in total. The average Bonchev–Trinajstić information content (AvgIpc) is 2.39. The number of nitrogens with one attached hydrogen (secondary N) is 1. The fourth-order valence-corrected chi connectivity index (χ4v) is 4.32. The summed E-state index contributed by atoms with van der Waals surface area (Å²) in [5, 5.41) is 4.26. The van der Waals surface area contributed by atoms with E-state index in [1.165, 1.54) is 0 Å². The maximum Gasteiger partial charge on any atom is 0.152 e. The summed E-state index contributed by atoms with van der Waals surface area (Å²) in [7, 11) is -2.92. The molecule has 0 aliphatic carbocycles. The lowest BCUT2D eigenvalue weighted by molar-refractivity contribution is 0.562. The average molecular weight is 291 g/mol. The van der Waals surface area contributed by atoms with Crippen molar-refractivity contribution in [1.29, 1.82) is 0 Å². The van der Waals surface area contributed by atoms with Crippen LogP contribution in [-0.2, 0) is 9.84 Å². The number of anilines is 2. The third-order valence-corrected chi connectivity index (χ3v) is 5.45. The highest BCUT2D eigenvalue weighted by atomic mass is 32.2. The summed E-state index contributed by atoms with van der Waals surface area (Å²) in [6.45, 7) is 0. The first-order valence-electron chi connectivity index (χ1n) is 6.65. The largest absolute Gasteiger partial charge is 0.397 e. The van der Waals surface area contributed by atoms with Crippen molar-refractivity contribution in [2.45, 2.75) is 18.9 Å². The molecule has 0 radical (unpaired) electrons. The number of para-hydroxylation sites is 1. The summed E-state index contributed by atoms with van der Waals surface area (Å²) in [6.07, 6.45) is 3.27. The van der Waals surface area contributed by atoms with Crippen molar-refractivity contribution < 1.29 is 8.42 Å². The minimum Gasteiger partial charge on any atom is -0.397 e. The van der Waals surface area contributed by atoms with Crippen LogP contribution in [0.1, 0.15) is 12.8 Å². The summed E-state index contributed by atoms with van der Waals surface area (Å²) in [5.74, 6) is 0.494. The van der Waals surface area contributed by atoms with Crippen molar-refractivity contribution in [1.82, 2.24) is 4.98 Å². The Hall–Kier alpha value is -1.82. The lowest BCUT2D eigenvalue weighted by atomic mass is 10.1. The predicted molar refractivity (Wildman–Crippen MR) is 81.5 cm³/mol. The van der Waals surface area contributed by atoms with Gasteiger partial charge in [0.1, 0.15) is 0 Å². The maximum atomic E-state index is 11.7. The van der Waals surface area contributed by atoms with E-state index in [4.69, 9.17) is 5.73 Å². The van der Waals surface area contributed by atoms with Gasteiger partial charge in [-0.1, -0.05) is 12.1 Å². The van der Waals surface area contributed by atoms with Gasteiger partial charge in [-0.25, -0.2) is 8.42 Å². The SMILES string of the molecule is Nc1cccc2c(NC3CCCS(=O)(=O)C3)ccnc12. The zero-order valence-electron chi connectivity index (χ0n) is 11.0. The van der Waals surface area contributed by atoms with Crippen LogP contribution in [0.3, 0.4) is 0 Å². The molecule has 1 aliphatic heterocycles. The predicted octanol–water partition coefficient (Wildman–Crippen LogP) is 1.81. The van der Waals surface area contributed by atoms with Crippen LogP contribution < -0.4 is 11.1 Å². The van der Waals surface area contributed by atoms with Crippen LogP contribution in [0, 0.1) is 0 Å². The van der Waals surface area contributed by atoms with Gasteiger partial charge in [-0.15, -0.1) is 0 Å². The van der Waals surface area contributed by atoms with Crippen LogP contribution in [0.2, 0.25) is 0 Å². The smallest absolute Gasteiger partial charge is 0.152 e. The summed E-state index contributed by atoms with van der Waals surface area (Å²) >= 11 is 0. The molecule has 2 heterocycles. The molecule has 1 unspecified atom stereocenters. The molecule has 0 saturated carbocycles. The topological polar surface area (TPSA) is 85.1 Å². The highest BCUT2D eigenvalue weighted by Gasteiger charge is 2.24. The molecule has 1 aliphatic rings. The molecule has 6 heteroatoms. The molecule has 1 atom stereocenters. The number of rotatable bonds is 2. The molecule has 3 N–H and O–H groups in total. The minimum absolute atomic E-state index is 0.0409. The van der Waals surface area contributed by atoms with E-state index in [1.54, 1.807) is 6.20 Å². The summed E-state index contributed by atoms with van der Waals surface area (Å²) in [6, 6.07) is 7.45. The molecule has 0 bridgehead atoms. The van der Waals surface area contributed by atoms with Gasteiger partial charge < -0.3 is 11.1 Å². The third-order valence-electron chi connectivity index (χ3n) is 3.62. The maximum absolute atomic E-state index is 11.7. The summed E-state index contributed by atoms with van der Waals surface area (Å²) in [5.41, 5.74) is 8.18. The van der Waals surface area contributed by atoms with Crippen LogP contribution in [0.4, 0.5) is 11.4 Å². The second-order valence-corrected chi connectivity index (χ2v) is 7.43. The number of nitrogens with two attached hydrogens (primary N) is 1. The Labute approximate surface area is 118 Å². The van der Waals surface area contributed by atoms with E-state index in [-0.39, 0.29) is 11.8 Å². The molecule has 0 spiro atoms. The molecule has 1 aromatic carbocycles. The number of nitrogen functional groups attached to an aromatic ring is 1. The van der Waals surface area contributed by atoms with E-state index in [1.807, 2.05) is 24.3 Å². The van der Waals surface area contributed by atoms with Gasteiger partial charge in [-0.3, -0.25) is 4.98 Å². The number of sulfone groups is 1. The number of pyridine rings is 1. The number of hydrogen-bond acceptors (Lipinski definition) is 5. The van der Waals surface area contributed by atoms with E-state index < -0.39 is 9.84 Å². The highest BCUT2D eigenvalue weighted by Crippen LogP contribution is 2.27. The van der Waals surface area contributed by atoms with Crippen LogP contribution in [-0.4, -0.2) is 30.9 Å². The van der Waals surface area contributed by atoms with E-state index in [2.05, 4.69) is 10.3 Å². The van der Waals surface area contributed by atoms with Gasteiger partial charge in [0.25, 0.3) is 0 Å². The van der Waals surface area contributed by atoms with Crippen molar-refractivity contribution in [3.63, 3.8) is 0 Å². The summed E-state index contributed by atoms with van der Waals surface area (Å²) < 4.78 is 23.4. The van der Waals surface area contributed by atoms with Gasteiger partial charge in [-0.2, -0.15) is 0 Å². The van der Waals surface area contributed by atoms with Gasteiger partial charge in [-0.05, 0) is 25.0 Å². The quantitative estimate of drug-likeness (QED) is 0.824. The number of hydrogen-bond donors (Lipinski definition) is 2. The fourth-order valence-electron chi connectivity index (χ4n) is 2.68. The standard InChI is InChI=1S/C14H17N3O2S/c15-12-5-1-4-11-13(6-7-16-14(11)12)17-10-3-2-8-20(18,19)9-10/h1,4-7,10H,2-3,8-9,15H2,(H,16,17). The van der Waals surface area contributed by atoms with E-state index >= 15 is 0 Å². The van der Waals surface area contributed by atoms with E-state index in [0.29, 0.717) is 17.9 Å².